The van der Waals surface area contributed by atoms with Crippen LogP contribution >= 0.6 is 0 Å². The zero-order chi connectivity index (χ0) is 13.7. The van der Waals surface area contributed by atoms with E-state index in [1.807, 2.05) is 0 Å². The van der Waals surface area contributed by atoms with E-state index < -0.39 is 24.9 Å². The Balaban J connectivity index is 1.56. The van der Waals surface area contributed by atoms with E-state index in [9.17, 15) is 13.6 Å². The number of carbonyl (C=O) groups excluding carboxylic acids is 1. The van der Waals surface area contributed by atoms with Gasteiger partial charge < -0.3 is 10.1 Å². The summed E-state index contributed by atoms with van der Waals surface area (Å²) in [5.41, 5.74) is 0. The third kappa shape index (κ3) is 4.69. The number of ether oxygens (including phenoxy) is 1. The van der Waals surface area contributed by atoms with E-state index >= 15 is 0 Å². The summed E-state index contributed by atoms with van der Waals surface area (Å²) in [5, 5.41) is 5.18. The molecule has 1 aliphatic heterocycles. The van der Waals surface area contributed by atoms with Gasteiger partial charge in [0.1, 0.15) is 0 Å². The lowest BCUT2D eigenvalue weighted by atomic mass is 9.98. The van der Waals surface area contributed by atoms with Gasteiger partial charge in [-0.2, -0.15) is 0 Å². The molecular weight excluding hydrogens is 254 g/mol. The van der Waals surface area contributed by atoms with Crippen molar-refractivity contribution in [3.8, 4) is 0 Å². The van der Waals surface area contributed by atoms with Crippen LogP contribution in [0.4, 0.5) is 8.78 Å². The second-order valence-corrected chi connectivity index (χ2v) is 5.42. The van der Waals surface area contributed by atoms with E-state index in [0.29, 0.717) is 19.3 Å². The van der Waals surface area contributed by atoms with Crippen molar-refractivity contribution in [1.29, 1.82) is 0 Å². The molecular formula is C13H22F2N2O2. The van der Waals surface area contributed by atoms with Gasteiger partial charge in [0.15, 0.2) is 0 Å². The van der Waals surface area contributed by atoms with Crippen LogP contribution in [0.3, 0.4) is 0 Å². The molecule has 1 unspecified atom stereocenters. The number of hydrogen-bond donors (Lipinski definition) is 2. The molecule has 0 radical (unpaired) electrons. The lowest BCUT2D eigenvalue weighted by Gasteiger charge is -2.22. The summed E-state index contributed by atoms with van der Waals surface area (Å²) in [4.78, 5) is 11.6. The number of rotatable bonds is 5. The normalized spacial score (nSPS) is 27.4. The molecule has 2 aliphatic rings. The molecule has 1 atom stereocenters. The van der Waals surface area contributed by atoms with Gasteiger partial charge in [-0.3, -0.25) is 10.1 Å². The van der Waals surface area contributed by atoms with Gasteiger partial charge >= 0.3 is 0 Å². The zero-order valence-electron chi connectivity index (χ0n) is 11.1. The molecule has 1 aliphatic carbocycles. The molecule has 1 amide bonds. The predicted molar refractivity (Wildman–Crippen MR) is 67.2 cm³/mol. The number of amides is 1. The fourth-order valence-electron chi connectivity index (χ4n) is 2.66. The van der Waals surface area contributed by atoms with Gasteiger partial charge in [0.2, 0.25) is 5.91 Å². The maximum absolute atomic E-state index is 12.9. The summed E-state index contributed by atoms with van der Waals surface area (Å²) < 4.78 is 31.5. The molecule has 6 heteroatoms. The Bertz CT molecular complexity index is 307. The van der Waals surface area contributed by atoms with E-state index in [0.717, 1.165) is 12.8 Å². The molecule has 0 aromatic carbocycles. The van der Waals surface area contributed by atoms with Crippen molar-refractivity contribution in [2.75, 3.05) is 19.7 Å². The highest BCUT2D eigenvalue weighted by molar-refractivity contribution is 5.82. The van der Waals surface area contributed by atoms with Crippen molar-refractivity contribution in [3.05, 3.63) is 0 Å². The molecule has 2 rings (SSSR count). The quantitative estimate of drug-likeness (QED) is 0.747. The average molecular weight is 276 g/mol. The topological polar surface area (TPSA) is 50.4 Å². The number of alkyl halides is 2. The largest absolute Gasteiger partial charge is 0.376 e. The molecule has 1 saturated carbocycles. The summed E-state index contributed by atoms with van der Waals surface area (Å²) in [6, 6.07) is -0.773. The second-order valence-electron chi connectivity index (χ2n) is 5.42. The van der Waals surface area contributed by atoms with Crippen molar-refractivity contribution in [1.82, 2.24) is 10.6 Å². The van der Waals surface area contributed by atoms with Crippen molar-refractivity contribution in [2.45, 2.75) is 56.6 Å². The van der Waals surface area contributed by atoms with E-state index in [4.69, 9.17) is 4.74 Å². The summed E-state index contributed by atoms with van der Waals surface area (Å²) >= 11 is 0. The van der Waals surface area contributed by atoms with Gasteiger partial charge in [-0.25, -0.2) is 8.78 Å². The Morgan fingerprint density at radius 2 is 2.05 bits per heavy atom. The summed E-state index contributed by atoms with van der Waals surface area (Å²) in [7, 11) is 0. The van der Waals surface area contributed by atoms with E-state index in [2.05, 4.69) is 10.6 Å². The summed E-state index contributed by atoms with van der Waals surface area (Å²) in [5.74, 6) is -3.12. The van der Waals surface area contributed by atoms with Crippen LogP contribution in [0.5, 0.6) is 0 Å². The highest BCUT2D eigenvalue weighted by atomic mass is 19.3. The molecule has 19 heavy (non-hydrogen) atoms. The van der Waals surface area contributed by atoms with Crippen LogP contribution in [0.15, 0.2) is 0 Å². The lowest BCUT2D eigenvalue weighted by molar-refractivity contribution is -0.123. The first-order chi connectivity index (χ1) is 9.07. The second kappa shape index (κ2) is 6.61. The average Bonchev–Trinajstić information content (AvgIpc) is 2.76. The van der Waals surface area contributed by atoms with E-state index in [1.54, 1.807) is 0 Å². The van der Waals surface area contributed by atoms with Crippen LogP contribution in [-0.2, 0) is 9.53 Å². The minimum absolute atomic E-state index is 0.305. The van der Waals surface area contributed by atoms with Gasteiger partial charge in [-0.1, -0.05) is 19.3 Å². The van der Waals surface area contributed by atoms with Gasteiger partial charge in [0.05, 0.1) is 25.3 Å². The molecule has 2 fully saturated rings. The van der Waals surface area contributed by atoms with Crippen LogP contribution in [0.2, 0.25) is 0 Å². The molecule has 0 spiro atoms. The fraction of sp³-hybridized carbons (Fsp3) is 0.923. The van der Waals surface area contributed by atoms with Crippen LogP contribution in [-0.4, -0.2) is 43.7 Å². The molecule has 4 nitrogen and oxygen atoms in total. The van der Waals surface area contributed by atoms with Gasteiger partial charge in [-0.15, -0.1) is 0 Å². The Kier molecular flexibility index (Phi) is 5.10. The molecule has 0 aromatic heterocycles. The standard InChI is InChI=1S/C13H22F2N2O2/c14-13(15)8-11(17-9-13)12(18)16-6-7-19-10-4-2-1-3-5-10/h10-11,17H,1-9H2,(H,16,18). The molecule has 1 heterocycles. The fourth-order valence-corrected chi connectivity index (χ4v) is 2.66. The number of carbonyl (C=O) groups is 1. The predicted octanol–water partition coefficient (Wildman–Crippen LogP) is 1.45. The Labute approximate surface area is 112 Å². The van der Waals surface area contributed by atoms with Gasteiger partial charge in [-0.05, 0) is 12.8 Å². The molecule has 1 saturated heterocycles. The van der Waals surface area contributed by atoms with Crippen molar-refractivity contribution in [2.24, 2.45) is 0 Å². The van der Waals surface area contributed by atoms with E-state index in [-0.39, 0.29) is 5.91 Å². The van der Waals surface area contributed by atoms with Crippen LogP contribution in [0.25, 0.3) is 0 Å². The highest BCUT2D eigenvalue weighted by Gasteiger charge is 2.42. The monoisotopic (exact) mass is 276 g/mol. The van der Waals surface area contributed by atoms with Crippen LogP contribution < -0.4 is 10.6 Å². The smallest absolute Gasteiger partial charge is 0.262 e. The third-order valence-electron chi connectivity index (χ3n) is 3.73. The first-order valence-corrected chi connectivity index (χ1v) is 7.07. The first-order valence-electron chi connectivity index (χ1n) is 7.07. The third-order valence-corrected chi connectivity index (χ3v) is 3.73. The maximum Gasteiger partial charge on any atom is 0.262 e. The minimum Gasteiger partial charge on any atom is -0.376 e. The summed E-state index contributed by atoms with van der Waals surface area (Å²) in [6.45, 7) is 0.433. The Hall–Kier alpha value is -0.750. The molecule has 110 valence electrons. The highest BCUT2D eigenvalue weighted by Crippen LogP contribution is 2.25. The van der Waals surface area contributed by atoms with Crippen molar-refractivity contribution in [3.63, 3.8) is 0 Å². The van der Waals surface area contributed by atoms with Gasteiger partial charge in [0.25, 0.3) is 5.92 Å². The number of nitrogens with one attached hydrogen (secondary N) is 2. The van der Waals surface area contributed by atoms with Crippen LogP contribution in [0, 0.1) is 0 Å². The SMILES string of the molecule is O=C(NCCOC1CCCCC1)C1CC(F)(F)CN1. The van der Waals surface area contributed by atoms with E-state index in [1.165, 1.54) is 19.3 Å². The first kappa shape index (κ1) is 14.7. The zero-order valence-corrected chi connectivity index (χ0v) is 11.1. The van der Waals surface area contributed by atoms with Crippen molar-refractivity contribution < 1.29 is 18.3 Å². The lowest BCUT2D eigenvalue weighted by Crippen LogP contribution is -2.41. The Morgan fingerprint density at radius 1 is 1.32 bits per heavy atom. The maximum atomic E-state index is 12.9. The Morgan fingerprint density at radius 3 is 2.68 bits per heavy atom. The van der Waals surface area contributed by atoms with Crippen molar-refractivity contribution >= 4 is 5.91 Å². The number of halogens is 2. The summed E-state index contributed by atoms with van der Waals surface area (Å²) in [6.07, 6.45) is 5.75. The number of hydrogen-bond acceptors (Lipinski definition) is 3. The molecule has 2 N–H and O–H groups in total. The minimum atomic E-state index is -2.76. The van der Waals surface area contributed by atoms with Gasteiger partial charge in [0, 0.05) is 13.0 Å². The van der Waals surface area contributed by atoms with Crippen LogP contribution in [0.1, 0.15) is 38.5 Å². The molecule has 0 bridgehead atoms. The molecule has 0 aromatic rings.